The predicted molar refractivity (Wildman–Crippen MR) is 142 cm³/mol. The number of hydrogen-bond acceptors (Lipinski definition) is 8. The Labute approximate surface area is 226 Å². The van der Waals surface area contributed by atoms with E-state index in [9.17, 15) is 22.7 Å². The molecule has 0 spiro atoms. The van der Waals surface area contributed by atoms with Crippen LogP contribution in [0.1, 0.15) is 34.1 Å². The highest BCUT2D eigenvalue weighted by atomic mass is 32.2. The molecule has 2 atom stereocenters. The average molecular weight is 556 g/mol. The zero-order chi connectivity index (χ0) is 27.7. The fraction of sp³-hybridized carbons (Fsp3) is 0.370. The molecule has 1 aromatic heterocycles. The molecule has 0 unspecified atom stereocenters. The van der Waals surface area contributed by atoms with Gasteiger partial charge in [-0.1, -0.05) is 12.1 Å². The summed E-state index contributed by atoms with van der Waals surface area (Å²) >= 11 is 0. The number of carbonyl (C=O) groups is 1. The number of aromatic hydroxyl groups is 1. The van der Waals surface area contributed by atoms with Crippen molar-refractivity contribution in [1.29, 1.82) is 0 Å². The van der Waals surface area contributed by atoms with E-state index >= 15 is 0 Å². The number of halogens is 1. The zero-order valence-electron chi connectivity index (χ0n) is 21.7. The fourth-order valence-electron chi connectivity index (χ4n) is 4.78. The minimum absolute atomic E-state index is 0.0768. The molecule has 12 heteroatoms. The summed E-state index contributed by atoms with van der Waals surface area (Å²) < 4.78 is 43.5. The number of carbonyl (C=O) groups excluding carboxylic acids is 1. The number of ether oxygens (including phenoxy) is 1. The summed E-state index contributed by atoms with van der Waals surface area (Å²) in [5, 5.41) is 13.7. The standard InChI is InChI=1S/C27H30FN5O5S/c1-38-25-8-5-18(13-24(25)34)26-30-20(16-29-22-15-21(22)17-3-6-19(28)7-4-17)14-23(31-26)27(35)32-9-11-33(12-10-32)39(2,36)37/h3-8,13-14,21-22,29,34H,9-12,15-16H2,1-2H3/t21-,22+/m0/s1. The Morgan fingerprint density at radius 3 is 2.46 bits per heavy atom. The number of rotatable bonds is 8. The Kier molecular flexibility index (Phi) is 7.52. The van der Waals surface area contributed by atoms with Crippen LogP contribution in [0.25, 0.3) is 11.4 Å². The average Bonchev–Trinajstić information content (AvgIpc) is 3.71. The topological polar surface area (TPSA) is 125 Å². The minimum atomic E-state index is -3.33. The van der Waals surface area contributed by atoms with E-state index in [1.807, 2.05) is 0 Å². The molecule has 39 heavy (non-hydrogen) atoms. The number of benzene rings is 2. The highest BCUT2D eigenvalue weighted by molar-refractivity contribution is 7.88. The lowest BCUT2D eigenvalue weighted by Gasteiger charge is -2.33. The molecule has 1 saturated carbocycles. The van der Waals surface area contributed by atoms with Crippen molar-refractivity contribution < 1.29 is 27.4 Å². The van der Waals surface area contributed by atoms with E-state index in [0.717, 1.165) is 18.2 Å². The van der Waals surface area contributed by atoms with Crippen LogP contribution >= 0.6 is 0 Å². The molecule has 1 amide bonds. The first-order chi connectivity index (χ1) is 18.6. The van der Waals surface area contributed by atoms with Gasteiger partial charge in [-0.05, 0) is 48.4 Å². The summed E-state index contributed by atoms with van der Waals surface area (Å²) in [5.41, 5.74) is 2.36. The van der Waals surface area contributed by atoms with Gasteiger partial charge in [0.05, 0.1) is 19.1 Å². The van der Waals surface area contributed by atoms with E-state index in [0.29, 0.717) is 23.6 Å². The number of hydrogen-bond donors (Lipinski definition) is 2. The Balaban J connectivity index is 1.36. The van der Waals surface area contributed by atoms with E-state index < -0.39 is 10.0 Å². The zero-order valence-corrected chi connectivity index (χ0v) is 22.5. The first-order valence-electron chi connectivity index (χ1n) is 12.6. The highest BCUT2D eigenvalue weighted by Crippen LogP contribution is 2.41. The number of phenols is 1. The maximum absolute atomic E-state index is 13.4. The van der Waals surface area contributed by atoms with E-state index in [-0.39, 0.29) is 67.1 Å². The first-order valence-corrected chi connectivity index (χ1v) is 14.5. The van der Waals surface area contributed by atoms with Crippen LogP contribution < -0.4 is 10.1 Å². The number of methoxy groups -OCH3 is 1. The summed E-state index contributed by atoms with van der Waals surface area (Å²) in [6, 6.07) is 13.1. The second kappa shape index (κ2) is 10.9. The number of amides is 1. The van der Waals surface area contributed by atoms with Gasteiger partial charge in [0.15, 0.2) is 17.3 Å². The molecule has 0 bridgehead atoms. The number of piperazine rings is 1. The van der Waals surface area contributed by atoms with Gasteiger partial charge in [0.25, 0.3) is 5.91 Å². The molecule has 2 aliphatic rings. The molecule has 2 heterocycles. The monoisotopic (exact) mass is 555 g/mol. The van der Waals surface area contributed by atoms with Crippen LogP contribution in [-0.4, -0.2) is 84.2 Å². The van der Waals surface area contributed by atoms with Gasteiger partial charge >= 0.3 is 0 Å². The van der Waals surface area contributed by atoms with Gasteiger partial charge in [0.1, 0.15) is 11.5 Å². The lowest BCUT2D eigenvalue weighted by atomic mass is 10.1. The summed E-state index contributed by atoms with van der Waals surface area (Å²) in [4.78, 5) is 24.2. The van der Waals surface area contributed by atoms with Crippen LogP contribution in [0.5, 0.6) is 11.5 Å². The SMILES string of the molecule is COc1ccc(-c2nc(CN[C@@H]3C[C@H]3c3ccc(F)cc3)cc(C(=O)N3CCN(S(C)(=O)=O)CC3)n2)cc1O. The molecule has 3 aromatic rings. The van der Waals surface area contributed by atoms with Crippen molar-refractivity contribution in [3.8, 4) is 22.9 Å². The van der Waals surface area contributed by atoms with Crippen LogP contribution in [-0.2, 0) is 16.6 Å². The Morgan fingerprint density at radius 2 is 1.82 bits per heavy atom. The highest BCUT2D eigenvalue weighted by Gasteiger charge is 2.38. The fourth-order valence-corrected chi connectivity index (χ4v) is 5.60. The molecule has 2 fully saturated rings. The van der Waals surface area contributed by atoms with E-state index in [2.05, 4.69) is 15.3 Å². The number of aromatic nitrogens is 2. The van der Waals surface area contributed by atoms with E-state index in [1.165, 1.54) is 29.6 Å². The maximum atomic E-state index is 13.4. The van der Waals surface area contributed by atoms with Gasteiger partial charge in [0, 0.05) is 50.2 Å². The van der Waals surface area contributed by atoms with Crippen molar-refractivity contribution in [3.05, 3.63) is 71.3 Å². The van der Waals surface area contributed by atoms with Crippen LogP contribution in [0.4, 0.5) is 4.39 Å². The van der Waals surface area contributed by atoms with Gasteiger partial charge in [-0.2, -0.15) is 4.31 Å². The number of nitrogens with one attached hydrogen (secondary N) is 1. The van der Waals surface area contributed by atoms with Crippen molar-refractivity contribution in [2.75, 3.05) is 39.5 Å². The molecular formula is C27H30FN5O5S. The molecule has 1 aliphatic heterocycles. The lowest BCUT2D eigenvalue weighted by Crippen LogP contribution is -2.50. The Bertz CT molecular complexity index is 1480. The van der Waals surface area contributed by atoms with Crippen LogP contribution in [0.2, 0.25) is 0 Å². The van der Waals surface area contributed by atoms with Gasteiger partial charge in [-0.3, -0.25) is 4.79 Å². The van der Waals surface area contributed by atoms with Crippen LogP contribution in [0, 0.1) is 5.82 Å². The van der Waals surface area contributed by atoms with Gasteiger partial charge in [0.2, 0.25) is 10.0 Å². The Morgan fingerprint density at radius 1 is 1.10 bits per heavy atom. The molecule has 5 rings (SSSR count). The predicted octanol–water partition coefficient (Wildman–Crippen LogP) is 2.36. The summed E-state index contributed by atoms with van der Waals surface area (Å²) in [5.74, 6) is 0.191. The second-order valence-electron chi connectivity index (χ2n) is 9.79. The molecule has 1 saturated heterocycles. The van der Waals surface area contributed by atoms with Crippen molar-refractivity contribution in [2.45, 2.75) is 24.9 Å². The molecule has 1 aliphatic carbocycles. The van der Waals surface area contributed by atoms with Crippen molar-refractivity contribution in [1.82, 2.24) is 24.5 Å². The second-order valence-corrected chi connectivity index (χ2v) is 11.8. The number of nitrogens with zero attached hydrogens (tertiary/aromatic N) is 4. The summed E-state index contributed by atoms with van der Waals surface area (Å²) in [6.45, 7) is 1.32. The van der Waals surface area contributed by atoms with E-state index in [1.54, 1.807) is 35.2 Å². The molecule has 0 radical (unpaired) electrons. The lowest BCUT2D eigenvalue weighted by molar-refractivity contribution is 0.0692. The van der Waals surface area contributed by atoms with Crippen LogP contribution in [0.3, 0.4) is 0 Å². The molecule has 2 aromatic carbocycles. The van der Waals surface area contributed by atoms with Gasteiger partial charge in [-0.15, -0.1) is 0 Å². The van der Waals surface area contributed by atoms with Crippen molar-refractivity contribution >= 4 is 15.9 Å². The third-order valence-electron chi connectivity index (χ3n) is 7.06. The quantitative estimate of drug-likeness (QED) is 0.434. The Hall–Kier alpha value is -3.61. The molecule has 10 nitrogen and oxygen atoms in total. The molecule has 206 valence electrons. The third-order valence-corrected chi connectivity index (χ3v) is 8.37. The third kappa shape index (κ3) is 6.18. The normalized spacial score (nSPS) is 19.6. The molecule has 2 N–H and O–H groups in total. The summed E-state index contributed by atoms with van der Waals surface area (Å²) in [6.07, 6.45) is 2.07. The summed E-state index contributed by atoms with van der Waals surface area (Å²) in [7, 11) is -1.87. The maximum Gasteiger partial charge on any atom is 0.272 e. The van der Waals surface area contributed by atoms with Gasteiger partial charge in [-0.25, -0.2) is 22.8 Å². The van der Waals surface area contributed by atoms with Crippen molar-refractivity contribution in [3.63, 3.8) is 0 Å². The van der Waals surface area contributed by atoms with E-state index in [4.69, 9.17) is 4.74 Å². The van der Waals surface area contributed by atoms with Crippen molar-refractivity contribution in [2.24, 2.45) is 0 Å². The number of phenolic OH excluding ortho intramolecular Hbond substituents is 1. The largest absolute Gasteiger partial charge is 0.504 e. The van der Waals surface area contributed by atoms with Gasteiger partial charge < -0.3 is 20.1 Å². The smallest absolute Gasteiger partial charge is 0.272 e. The minimum Gasteiger partial charge on any atom is -0.504 e. The number of sulfonamides is 1. The van der Waals surface area contributed by atoms with Crippen LogP contribution in [0.15, 0.2) is 48.5 Å². The molecular weight excluding hydrogens is 525 g/mol. The first kappa shape index (κ1) is 27.0.